The molecule has 2 amide bonds. The Hall–Kier alpha value is -3.29. The average Bonchev–Trinajstić information content (AvgIpc) is 3.11. The van der Waals surface area contributed by atoms with Crippen LogP contribution in [0.25, 0.3) is 0 Å². The smallest absolute Gasteiger partial charge is 0.311 e. The first-order valence-electron chi connectivity index (χ1n) is 9.11. The normalized spacial score (nSPS) is 17.1. The minimum atomic E-state index is -1.10. The molecule has 0 aromatic heterocycles. The second kappa shape index (κ2) is 8.81. The zero-order valence-electron chi connectivity index (χ0n) is 15.7. The molecule has 2 atom stereocenters. The van der Waals surface area contributed by atoms with E-state index in [2.05, 4.69) is 5.32 Å². The van der Waals surface area contributed by atoms with Gasteiger partial charge in [-0.15, -0.1) is 0 Å². The van der Waals surface area contributed by atoms with Crippen LogP contribution in [0.4, 0.5) is 14.5 Å². The molecule has 1 heterocycles. The van der Waals surface area contributed by atoms with E-state index in [1.54, 1.807) is 4.90 Å². The number of hydrogen-bond donors (Lipinski definition) is 1. The summed E-state index contributed by atoms with van der Waals surface area (Å²) in [5.41, 5.74) is 1.00. The Morgan fingerprint density at radius 2 is 1.90 bits per heavy atom. The van der Waals surface area contributed by atoms with Crippen molar-refractivity contribution in [3.05, 3.63) is 65.7 Å². The molecule has 2 aromatic carbocycles. The standard InChI is InChI=1S/C21H20F2N2O4/c1-13(14-5-3-2-4-6-14)25-11-15(9-20(25)27)21(28)29-12-19(26)24-16-7-8-17(22)18(23)10-16/h2-8,10,13,15H,9,11-12H2,1H3,(H,24,26)/t13-,15-/m0/s1. The zero-order chi connectivity index (χ0) is 21.0. The minimum Gasteiger partial charge on any atom is -0.455 e. The quantitative estimate of drug-likeness (QED) is 0.754. The van der Waals surface area contributed by atoms with E-state index in [0.29, 0.717) is 0 Å². The first-order chi connectivity index (χ1) is 13.8. The van der Waals surface area contributed by atoms with E-state index in [1.807, 2.05) is 37.3 Å². The predicted octanol–water partition coefficient (Wildman–Crippen LogP) is 3.06. The molecule has 29 heavy (non-hydrogen) atoms. The Morgan fingerprint density at radius 3 is 2.59 bits per heavy atom. The molecule has 3 rings (SSSR count). The Kier molecular flexibility index (Phi) is 6.21. The monoisotopic (exact) mass is 402 g/mol. The van der Waals surface area contributed by atoms with E-state index in [1.165, 1.54) is 6.07 Å². The molecule has 1 fully saturated rings. The van der Waals surface area contributed by atoms with Crippen LogP contribution in [0.2, 0.25) is 0 Å². The lowest BCUT2D eigenvalue weighted by molar-refractivity contribution is -0.151. The topological polar surface area (TPSA) is 75.7 Å². The second-order valence-electron chi connectivity index (χ2n) is 6.82. The number of anilines is 1. The summed E-state index contributed by atoms with van der Waals surface area (Å²) in [5.74, 6) is -4.30. The lowest BCUT2D eigenvalue weighted by Gasteiger charge is -2.25. The number of carbonyl (C=O) groups is 3. The van der Waals surface area contributed by atoms with E-state index in [4.69, 9.17) is 4.74 Å². The first kappa shape index (κ1) is 20.4. The van der Waals surface area contributed by atoms with Crippen LogP contribution < -0.4 is 5.32 Å². The molecule has 0 spiro atoms. The molecule has 1 N–H and O–H groups in total. The van der Waals surface area contributed by atoms with Crippen molar-refractivity contribution >= 4 is 23.5 Å². The summed E-state index contributed by atoms with van der Waals surface area (Å²) in [4.78, 5) is 38.1. The highest BCUT2D eigenvalue weighted by molar-refractivity contribution is 5.93. The summed E-state index contributed by atoms with van der Waals surface area (Å²) in [6.45, 7) is 1.51. The SMILES string of the molecule is C[C@@H](c1ccccc1)N1C[C@@H](C(=O)OCC(=O)Nc2ccc(F)c(F)c2)CC1=O. The van der Waals surface area contributed by atoms with Gasteiger partial charge in [0, 0.05) is 24.7 Å². The van der Waals surface area contributed by atoms with Crippen LogP contribution in [0.3, 0.4) is 0 Å². The number of esters is 1. The van der Waals surface area contributed by atoms with Gasteiger partial charge < -0.3 is 15.0 Å². The predicted molar refractivity (Wildman–Crippen MR) is 101 cm³/mol. The van der Waals surface area contributed by atoms with Crippen LogP contribution in [0.1, 0.15) is 24.9 Å². The van der Waals surface area contributed by atoms with Crippen molar-refractivity contribution in [2.75, 3.05) is 18.5 Å². The Morgan fingerprint density at radius 1 is 1.17 bits per heavy atom. The zero-order valence-corrected chi connectivity index (χ0v) is 15.7. The average molecular weight is 402 g/mol. The van der Waals surface area contributed by atoms with Crippen LogP contribution in [0.15, 0.2) is 48.5 Å². The number of carbonyl (C=O) groups excluding carboxylic acids is 3. The van der Waals surface area contributed by atoms with Crippen molar-refractivity contribution in [3.63, 3.8) is 0 Å². The summed E-state index contributed by atoms with van der Waals surface area (Å²) in [6.07, 6.45) is 0.0147. The number of amides is 2. The number of rotatable bonds is 6. The molecule has 8 heteroatoms. The lowest BCUT2D eigenvalue weighted by atomic mass is 10.1. The van der Waals surface area contributed by atoms with Crippen molar-refractivity contribution in [2.24, 2.45) is 5.92 Å². The molecule has 0 saturated carbocycles. The third-order valence-corrected chi connectivity index (χ3v) is 4.79. The molecule has 1 aliphatic heterocycles. The van der Waals surface area contributed by atoms with Gasteiger partial charge in [-0.3, -0.25) is 14.4 Å². The molecule has 0 unspecified atom stereocenters. The van der Waals surface area contributed by atoms with E-state index >= 15 is 0 Å². The fourth-order valence-corrected chi connectivity index (χ4v) is 3.20. The fraction of sp³-hybridized carbons (Fsp3) is 0.286. The number of likely N-dealkylation sites (tertiary alicyclic amines) is 1. The van der Waals surface area contributed by atoms with Gasteiger partial charge in [0.25, 0.3) is 5.91 Å². The van der Waals surface area contributed by atoms with Gasteiger partial charge >= 0.3 is 5.97 Å². The van der Waals surface area contributed by atoms with Crippen molar-refractivity contribution in [2.45, 2.75) is 19.4 Å². The van der Waals surface area contributed by atoms with Crippen molar-refractivity contribution in [1.29, 1.82) is 0 Å². The summed E-state index contributed by atoms with van der Waals surface area (Å²) in [5, 5.41) is 2.31. The maximum atomic E-state index is 13.2. The third kappa shape index (κ3) is 4.96. The fourth-order valence-electron chi connectivity index (χ4n) is 3.20. The van der Waals surface area contributed by atoms with Crippen molar-refractivity contribution < 1.29 is 27.9 Å². The Labute approximate surface area is 166 Å². The number of hydrogen-bond acceptors (Lipinski definition) is 4. The van der Waals surface area contributed by atoms with Crippen LogP contribution in [-0.2, 0) is 19.1 Å². The number of nitrogens with zero attached hydrogens (tertiary/aromatic N) is 1. The summed E-state index contributed by atoms with van der Waals surface area (Å²) in [7, 11) is 0. The summed E-state index contributed by atoms with van der Waals surface area (Å²) in [6, 6.07) is 12.2. The van der Waals surface area contributed by atoms with E-state index in [9.17, 15) is 23.2 Å². The van der Waals surface area contributed by atoms with Gasteiger partial charge in [0.05, 0.1) is 12.0 Å². The highest BCUT2D eigenvalue weighted by Crippen LogP contribution is 2.29. The molecule has 0 aliphatic carbocycles. The van der Waals surface area contributed by atoms with Gasteiger partial charge in [-0.05, 0) is 24.6 Å². The Balaban J connectivity index is 1.51. The molecule has 0 bridgehead atoms. The van der Waals surface area contributed by atoms with Crippen LogP contribution in [-0.4, -0.2) is 35.8 Å². The molecule has 152 valence electrons. The lowest BCUT2D eigenvalue weighted by Crippen LogP contribution is -2.30. The van der Waals surface area contributed by atoms with Gasteiger partial charge in [-0.2, -0.15) is 0 Å². The van der Waals surface area contributed by atoms with Gasteiger partial charge in [-0.1, -0.05) is 30.3 Å². The first-order valence-corrected chi connectivity index (χ1v) is 9.11. The van der Waals surface area contributed by atoms with Crippen LogP contribution in [0, 0.1) is 17.6 Å². The molecule has 0 radical (unpaired) electrons. The molecule has 6 nitrogen and oxygen atoms in total. The molecule has 1 aliphatic rings. The van der Waals surface area contributed by atoms with Gasteiger partial charge in [0.15, 0.2) is 18.2 Å². The number of benzene rings is 2. The molecule has 1 saturated heterocycles. The summed E-state index contributed by atoms with van der Waals surface area (Å²) < 4.78 is 31.1. The van der Waals surface area contributed by atoms with Gasteiger partial charge in [0.2, 0.25) is 5.91 Å². The highest BCUT2D eigenvalue weighted by atomic mass is 19.2. The maximum Gasteiger partial charge on any atom is 0.311 e. The molecular formula is C21H20F2N2O4. The molecular weight excluding hydrogens is 382 g/mol. The van der Waals surface area contributed by atoms with E-state index in [0.717, 1.165) is 17.7 Å². The Bertz CT molecular complexity index is 920. The third-order valence-electron chi connectivity index (χ3n) is 4.79. The largest absolute Gasteiger partial charge is 0.455 e. The van der Waals surface area contributed by atoms with E-state index in [-0.39, 0.29) is 30.6 Å². The van der Waals surface area contributed by atoms with E-state index < -0.39 is 36.0 Å². The number of halogens is 2. The summed E-state index contributed by atoms with van der Waals surface area (Å²) >= 11 is 0. The maximum absolute atomic E-state index is 13.2. The molecule has 2 aromatic rings. The van der Waals surface area contributed by atoms with Crippen molar-refractivity contribution in [3.8, 4) is 0 Å². The van der Waals surface area contributed by atoms with Crippen LogP contribution in [0.5, 0.6) is 0 Å². The highest BCUT2D eigenvalue weighted by Gasteiger charge is 2.38. The number of nitrogens with one attached hydrogen (secondary N) is 1. The number of ether oxygens (including phenoxy) is 1. The van der Waals surface area contributed by atoms with Gasteiger partial charge in [0.1, 0.15) is 0 Å². The van der Waals surface area contributed by atoms with Gasteiger partial charge in [-0.25, -0.2) is 8.78 Å². The second-order valence-corrected chi connectivity index (χ2v) is 6.82. The van der Waals surface area contributed by atoms with Crippen molar-refractivity contribution in [1.82, 2.24) is 4.90 Å². The van der Waals surface area contributed by atoms with Crippen LogP contribution >= 0.6 is 0 Å². The minimum absolute atomic E-state index is 0.0147.